The zero-order chi connectivity index (χ0) is 18.7. The standard InChI is InChI=1S/C18H25N5O3/c1-11(2)17-16(12(3)22-26-17)18(24)20-8-13-7-14(25-4)9-23(13)15-5-6-19-10-21-15/h5-6,10-11,13-14H,7-9H2,1-4H3,(H,20,24)/t13-,14-/m1/s1. The Bertz CT molecular complexity index is 747. The maximum Gasteiger partial charge on any atom is 0.256 e. The number of aryl methyl sites for hydroxylation is 1. The Kier molecular flexibility index (Phi) is 5.51. The molecule has 0 unspecified atom stereocenters. The number of hydrogen-bond acceptors (Lipinski definition) is 7. The summed E-state index contributed by atoms with van der Waals surface area (Å²) in [7, 11) is 1.71. The van der Waals surface area contributed by atoms with Gasteiger partial charge in [0, 0.05) is 32.3 Å². The van der Waals surface area contributed by atoms with Crippen molar-refractivity contribution in [2.45, 2.75) is 45.3 Å². The summed E-state index contributed by atoms with van der Waals surface area (Å²) in [5, 5.41) is 6.97. The van der Waals surface area contributed by atoms with Crippen LogP contribution in [0.25, 0.3) is 0 Å². The number of carbonyl (C=O) groups excluding carboxylic acids is 1. The third kappa shape index (κ3) is 3.70. The second-order valence-corrected chi connectivity index (χ2v) is 6.84. The van der Waals surface area contributed by atoms with Gasteiger partial charge in [-0.2, -0.15) is 0 Å². The Labute approximate surface area is 152 Å². The summed E-state index contributed by atoms with van der Waals surface area (Å²) in [5.74, 6) is 1.39. The highest BCUT2D eigenvalue weighted by Crippen LogP contribution is 2.25. The molecule has 1 N–H and O–H groups in total. The number of ether oxygens (including phenoxy) is 1. The smallest absolute Gasteiger partial charge is 0.256 e. The molecule has 1 saturated heterocycles. The Morgan fingerprint density at radius 3 is 2.96 bits per heavy atom. The maximum atomic E-state index is 12.7. The molecule has 3 heterocycles. The van der Waals surface area contributed by atoms with Crippen molar-refractivity contribution >= 4 is 11.7 Å². The van der Waals surface area contributed by atoms with Crippen LogP contribution in [0, 0.1) is 6.92 Å². The van der Waals surface area contributed by atoms with Crippen molar-refractivity contribution in [2.24, 2.45) is 0 Å². The average molecular weight is 359 g/mol. The van der Waals surface area contributed by atoms with Gasteiger partial charge in [-0.25, -0.2) is 9.97 Å². The van der Waals surface area contributed by atoms with E-state index in [1.54, 1.807) is 20.2 Å². The molecule has 1 aliphatic rings. The van der Waals surface area contributed by atoms with Gasteiger partial charge in [0.1, 0.15) is 17.7 Å². The van der Waals surface area contributed by atoms with Gasteiger partial charge >= 0.3 is 0 Å². The minimum atomic E-state index is -0.157. The molecule has 8 nitrogen and oxygen atoms in total. The molecule has 2 atom stereocenters. The third-order valence-corrected chi connectivity index (χ3v) is 4.71. The number of amides is 1. The lowest BCUT2D eigenvalue weighted by Crippen LogP contribution is -2.40. The van der Waals surface area contributed by atoms with Crippen LogP contribution in [-0.2, 0) is 4.74 Å². The van der Waals surface area contributed by atoms with E-state index in [9.17, 15) is 4.79 Å². The van der Waals surface area contributed by atoms with Crippen molar-refractivity contribution in [1.82, 2.24) is 20.4 Å². The van der Waals surface area contributed by atoms with Crippen molar-refractivity contribution in [3.8, 4) is 0 Å². The predicted octanol–water partition coefficient (Wildman–Crippen LogP) is 1.92. The lowest BCUT2D eigenvalue weighted by atomic mass is 10.0. The zero-order valence-electron chi connectivity index (χ0n) is 15.6. The van der Waals surface area contributed by atoms with E-state index in [-0.39, 0.29) is 24.0 Å². The van der Waals surface area contributed by atoms with Crippen molar-refractivity contribution in [1.29, 1.82) is 0 Å². The van der Waals surface area contributed by atoms with Crippen LogP contribution in [0.5, 0.6) is 0 Å². The minimum absolute atomic E-state index is 0.0961. The summed E-state index contributed by atoms with van der Waals surface area (Å²) in [4.78, 5) is 23.2. The summed E-state index contributed by atoms with van der Waals surface area (Å²) in [6.07, 6.45) is 4.17. The van der Waals surface area contributed by atoms with E-state index in [0.717, 1.165) is 18.8 Å². The van der Waals surface area contributed by atoms with Gasteiger partial charge in [0.05, 0.1) is 17.8 Å². The van der Waals surface area contributed by atoms with Crippen LogP contribution in [0.4, 0.5) is 5.82 Å². The van der Waals surface area contributed by atoms with E-state index in [4.69, 9.17) is 9.26 Å². The minimum Gasteiger partial charge on any atom is -0.380 e. The number of nitrogens with zero attached hydrogens (tertiary/aromatic N) is 4. The molecule has 0 spiro atoms. The van der Waals surface area contributed by atoms with Gasteiger partial charge < -0.3 is 19.5 Å². The Hall–Kier alpha value is -2.48. The fraction of sp³-hybridized carbons (Fsp3) is 0.556. The number of anilines is 1. The Morgan fingerprint density at radius 1 is 1.50 bits per heavy atom. The molecule has 2 aromatic rings. The van der Waals surface area contributed by atoms with Gasteiger partial charge in [-0.15, -0.1) is 0 Å². The molecule has 26 heavy (non-hydrogen) atoms. The number of hydrogen-bond donors (Lipinski definition) is 1. The van der Waals surface area contributed by atoms with Crippen LogP contribution < -0.4 is 10.2 Å². The Morgan fingerprint density at radius 2 is 2.31 bits per heavy atom. The Balaban J connectivity index is 1.71. The van der Waals surface area contributed by atoms with Gasteiger partial charge in [0.25, 0.3) is 5.91 Å². The van der Waals surface area contributed by atoms with Gasteiger partial charge in [0.2, 0.25) is 0 Å². The number of aromatic nitrogens is 3. The van der Waals surface area contributed by atoms with Crippen LogP contribution in [0.2, 0.25) is 0 Å². The molecule has 1 fully saturated rings. The van der Waals surface area contributed by atoms with Crippen LogP contribution in [0.1, 0.15) is 48.0 Å². The molecule has 0 radical (unpaired) electrons. The molecule has 0 bridgehead atoms. The van der Waals surface area contributed by atoms with E-state index in [1.807, 2.05) is 19.9 Å². The summed E-state index contributed by atoms with van der Waals surface area (Å²) >= 11 is 0. The average Bonchev–Trinajstić information content (AvgIpc) is 3.24. The van der Waals surface area contributed by atoms with E-state index in [2.05, 4.69) is 25.3 Å². The molecule has 1 amide bonds. The quantitative estimate of drug-likeness (QED) is 0.842. The molecule has 0 saturated carbocycles. The van der Waals surface area contributed by atoms with E-state index in [0.29, 0.717) is 23.6 Å². The van der Waals surface area contributed by atoms with Gasteiger partial charge in [-0.3, -0.25) is 4.79 Å². The van der Waals surface area contributed by atoms with Crippen molar-refractivity contribution in [3.05, 3.63) is 35.6 Å². The summed E-state index contributed by atoms with van der Waals surface area (Å²) in [6.45, 7) is 6.97. The molecule has 3 rings (SSSR count). The first-order valence-electron chi connectivity index (χ1n) is 8.81. The zero-order valence-corrected chi connectivity index (χ0v) is 15.6. The molecular weight excluding hydrogens is 334 g/mol. The van der Waals surface area contributed by atoms with E-state index in [1.165, 1.54) is 6.33 Å². The highest BCUT2D eigenvalue weighted by molar-refractivity contribution is 5.96. The lowest BCUT2D eigenvalue weighted by molar-refractivity contribution is 0.0943. The van der Waals surface area contributed by atoms with Crippen LogP contribution >= 0.6 is 0 Å². The van der Waals surface area contributed by atoms with Crippen molar-refractivity contribution in [2.75, 3.05) is 25.1 Å². The molecule has 1 aliphatic heterocycles. The first kappa shape index (κ1) is 18.3. The second-order valence-electron chi connectivity index (χ2n) is 6.84. The van der Waals surface area contributed by atoms with Gasteiger partial charge in [-0.1, -0.05) is 19.0 Å². The lowest BCUT2D eigenvalue weighted by Gasteiger charge is -2.25. The van der Waals surface area contributed by atoms with Gasteiger partial charge in [-0.05, 0) is 19.4 Å². The monoisotopic (exact) mass is 359 g/mol. The fourth-order valence-electron chi connectivity index (χ4n) is 3.33. The van der Waals surface area contributed by atoms with E-state index >= 15 is 0 Å². The third-order valence-electron chi connectivity index (χ3n) is 4.71. The summed E-state index contributed by atoms with van der Waals surface area (Å²) in [6, 6.07) is 1.97. The topological polar surface area (TPSA) is 93.4 Å². The summed E-state index contributed by atoms with van der Waals surface area (Å²) < 4.78 is 10.8. The van der Waals surface area contributed by atoms with Crippen LogP contribution in [-0.4, -0.2) is 53.4 Å². The largest absolute Gasteiger partial charge is 0.380 e. The molecular formula is C18H25N5O3. The first-order chi connectivity index (χ1) is 12.5. The van der Waals surface area contributed by atoms with E-state index < -0.39 is 0 Å². The first-order valence-corrected chi connectivity index (χ1v) is 8.81. The molecule has 0 aliphatic carbocycles. The highest BCUT2D eigenvalue weighted by Gasteiger charge is 2.33. The number of methoxy groups -OCH3 is 1. The van der Waals surface area contributed by atoms with Crippen LogP contribution in [0.3, 0.4) is 0 Å². The number of rotatable bonds is 6. The molecule has 8 heteroatoms. The van der Waals surface area contributed by atoms with Crippen molar-refractivity contribution < 1.29 is 14.1 Å². The maximum absolute atomic E-state index is 12.7. The fourth-order valence-corrected chi connectivity index (χ4v) is 3.33. The highest BCUT2D eigenvalue weighted by atomic mass is 16.5. The molecule has 140 valence electrons. The van der Waals surface area contributed by atoms with Gasteiger partial charge in [0.15, 0.2) is 5.76 Å². The summed E-state index contributed by atoms with van der Waals surface area (Å²) in [5.41, 5.74) is 1.15. The molecule has 2 aromatic heterocycles. The second kappa shape index (κ2) is 7.82. The number of nitrogens with one attached hydrogen (secondary N) is 1. The SMILES string of the molecule is CO[C@@H]1C[C@H](CNC(=O)c2c(C)noc2C(C)C)N(c2ccncn2)C1. The van der Waals surface area contributed by atoms with Crippen molar-refractivity contribution in [3.63, 3.8) is 0 Å². The van der Waals surface area contributed by atoms with Crippen LogP contribution in [0.15, 0.2) is 23.1 Å². The molecule has 0 aromatic carbocycles. The normalized spacial score (nSPS) is 20.0. The predicted molar refractivity (Wildman–Crippen MR) is 96.2 cm³/mol. The number of carbonyl (C=O) groups is 1.